The van der Waals surface area contributed by atoms with E-state index in [0.29, 0.717) is 0 Å². The third kappa shape index (κ3) is 2.80. The van der Waals surface area contributed by atoms with Crippen LogP contribution in [0.1, 0.15) is 57.2 Å². The van der Waals surface area contributed by atoms with Crippen LogP contribution in [0.25, 0.3) is 0 Å². The van der Waals surface area contributed by atoms with Crippen LogP contribution in [0.15, 0.2) is 10.9 Å². The van der Waals surface area contributed by atoms with Gasteiger partial charge in [0.05, 0.1) is 12.1 Å². The van der Waals surface area contributed by atoms with Crippen molar-refractivity contribution < 1.29 is 5.11 Å². The fourth-order valence-corrected chi connectivity index (χ4v) is 2.67. The average Bonchev–Trinajstić information content (AvgIpc) is 2.52. The number of rotatable bonds is 3. The first-order chi connectivity index (χ1) is 8.22. The first kappa shape index (κ1) is 12.4. The van der Waals surface area contributed by atoms with Crippen LogP contribution in [0.2, 0.25) is 0 Å². The molecule has 0 aromatic carbocycles. The molecule has 1 aromatic rings. The highest BCUT2D eigenvalue weighted by atomic mass is 16.3. The van der Waals surface area contributed by atoms with E-state index >= 15 is 0 Å². The summed E-state index contributed by atoms with van der Waals surface area (Å²) in [5.74, 6) is 0. The van der Waals surface area contributed by atoms with Gasteiger partial charge in [0.2, 0.25) is 0 Å². The Morgan fingerprint density at radius 1 is 1.41 bits per heavy atom. The highest BCUT2D eigenvalue weighted by Gasteiger charge is 2.24. The Balaban J connectivity index is 2.22. The maximum Gasteiger partial charge on any atom is 0.267 e. The number of aromatic amines is 1. The molecule has 17 heavy (non-hydrogen) atoms. The molecule has 4 heteroatoms. The van der Waals surface area contributed by atoms with E-state index in [2.05, 4.69) is 12.0 Å². The highest BCUT2D eigenvalue weighted by Crippen LogP contribution is 2.26. The number of hydrogen-bond donors (Lipinski definition) is 2. The lowest BCUT2D eigenvalue weighted by molar-refractivity contribution is 0.0972. The molecule has 96 valence electrons. The Bertz CT molecular complexity index is 408. The van der Waals surface area contributed by atoms with E-state index in [1.807, 2.05) is 0 Å². The van der Waals surface area contributed by atoms with Crippen LogP contribution in [0.4, 0.5) is 0 Å². The van der Waals surface area contributed by atoms with Crippen LogP contribution < -0.4 is 5.56 Å². The van der Waals surface area contributed by atoms with Gasteiger partial charge in [-0.3, -0.25) is 9.89 Å². The second-order valence-electron chi connectivity index (χ2n) is 5.01. The van der Waals surface area contributed by atoms with Gasteiger partial charge in [-0.05, 0) is 19.3 Å². The molecule has 4 nitrogen and oxygen atoms in total. The van der Waals surface area contributed by atoms with E-state index in [-0.39, 0.29) is 17.7 Å². The van der Waals surface area contributed by atoms with E-state index in [1.54, 1.807) is 10.7 Å². The predicted molar refractivity (Wildman–Crippen MR) is 67.2 cm³/mol. The van der Waals surface area contributed by atoms with E-state index in [9.17, 15) is 9.90 Å². The zero-order chi connectivity index (χ0) is 12.3. The van der Waals surface area contributed by atoms with Crippen LogP contribution in [0.3, 0.4) is 0 Å². The van der Waals surface area contributed by atoms with Crippen molar-refractivity contribution >= 4 is 0 Å². The fourth-order valence-electron chi connectivity index (χ4n) is 2.67. The minimum Gasteiger partial charge on any atom is -0.391 e. The summed E-state index contributed by atoms with van der Waals surface area (Å²) in [6, 6.07) is 1.61. The molecule has 0 amide bonds. The lowest BCUT2D eigenvalue weighted by Gasteiger charge is -2.20. The van der Waals surface area contributed by atoms with Gasteiger partial charge in [0.25, 0.3) is 5.56 Å². The number of aliphatic hydroxyl groups excluding tert-OH is 1. The first-order valence-electron chi connectivity index (χ1n) is 6.71. The van der Waals surface area contributed by atoms with Crippen molar-refractivity contribution in [3.63, 3.8) is 0 Å². The molecular weight excluding hydrogens is 216 g/mol. The van der Waals surface area contributed by atoms with Crippen molar-refractivity contribution in [1.82, 2.24) is 9.78 Å². The second kappa shape index (κ2) is 5.54. The van der Waals surface area contributed by atoms with Crippen LogP contribution >= 0.6 is 0 Å². The Labute approximate surface area is 102 Å². The molecule has 1 aliphatic rings. The van der Waals surface area contributed by atoms with Crippen LogP contribution in [0, 0.1) is 0 Å². The van der Waals surface area contributed by atoms with Gasteiger partial charge in [0.15, 0.2) is 0 Å². The van der Waals surface area contributed by atoms with Crippen molar-refractivity contribution in [3.05, 3.63) is 22.1 Å². The van der Waals surface area contributed by atoms with Crippen LogP contribution in [0.5, 0.6) is 0 Å². The van der Waals surface area contributed by atoms with Gasteiger partial charge in [-0.15, -0.1) is 0 Å². The van der Waals surface area contributed by atoms with Gasteiger partial charge >= 0.3 is 0 Å². The minimum atomic E-state index is -0.386. The zero-order valence-electron chi connectivity index (χ0n) is 10.5. The summed E-state index contributed by atoms with van der Waals surface area (Å²) in [7, 11) is 0. The maximum absolute atomic E-state index is 11.9. The number of hydrogen-bond acceptors (Lipinski definition) is 2. The summed E-state index contributed by atoms with van der Waals surface area (Å²) in [4.78, 5) is 11.9. The molecule has 0 spiro atoms. The molecule has 1 aromatic heterocycles. The third-order valence-electron chi connectivity index (χ3n) is 3.59. The SMILES string of the molecule is CCCc1cc(=O)n(C2CCCCCC2O)[nH]1. The number of nitrogens with one attached hydrogen (secondary N) is 1. The Hall–Kier alpha value is -1.03. The molecule has 2 rings (SSSR count). The number of aliphatic hydroxyl groups is 1. The quantitative estimate of drug-likeness (QED) is 0.791. The Kier molecular flexibility index (Phi) is 4.05. The molecular formula is C13H22N2O2. The lowest BCUT2D eigenvalue weighted by Crippen LogP contribution is -2.30. The first-order valence-corrected chi connectivity index (χ1v) is 6.71. The zero-order valence-corrected chi connectivity index (χ0v) is 10.5. The Morgan fingerprint density at radius 2 is 2.18 bits per heavy atom. The fraction of sp³-hybridized carbons (Fsp3) is 0.769. The second-order valence-corrected chi connectivity index (χ2v) is 5.01. The molecule has 2 atom stereocenters. The third-order valence-corrected chi connectivity index (χ3v) is 3.59. The summed E-state index contributed by atoms with van der Waals surface area (Å²) in [6.07, 6.45) is 6.55. The minimum absolute atomic E-state index is 0.000556. The van der Waals surface area contributed by atoms with Gasteiger partial charge in [-0.25, -0.2) is 4.68 Å². The molecule has 0 aliphatic heterocycles. The number of nitrogens with zero attached hydrogens (tertiary/aromatic N) is 1. The lowest BCUT2D eigenvalue weighted by atomic mass is 10.1. The van der Waals surface area contributed by atoms with E-state index in [4.69, 9.17) is 0 Å². The molecule has 2 unspecified atom stereocenters. The highest BCUT2D eigenvalue weighted by molar-refractivity contribution is 5.01. The predicted octanol–water partition coefficient (Wildman–Crippen LogP) is 1.99. The molecule has 0 bridgehead atoms. The molecule has 1 fully saturated rings. The standard InChI is InChI=1S/C13H22N2O2/c1-2-6-10-9-13(17)15(14-10)11-7-4-3-5-8-12(11)16/h9,11-12,14,16H,2-8H2,1H3. The summed E-state index contributed by atoms with van der Waals surface area (Å²) in [5.41, 5.74) is 0.980. The maximum atomic E-state index is 11.9. The largest absolute Gasteiger partial charge is 0.391 e. The number of H-pyrrole nitrogens is 1. The molecule has 1 heterocycles. The summed E-state index contributed by atoms with van der Waals surface area (Å²) in [5, 5.41) is 13.2. The van der Waals surface area contributed by atoms with Crippen LogP contribution in [-0.2, 0) is 6.42 Å². The van der Waals surface area contributed by atoms with Crippen molar-refractivity contribution in [1.29, 1.82) is 0 Å². The summed E-state index contributed by atoms with van der Waals surface area (Å²) >= 11 is 0. The van der Waals surface area contributed by atoms with Crippen molar-refractivity contribution in [2.45, 2.75) is 64.0 Å². The summed E-state index contributed by atoms with van der Waals surface area (Å²) in [6.45, 7) is 2.09. The average molecular weight is 238 g/mol. The van der Waals surface area contributed by atoms with Crippen molar-refractivity contribution in [2.75, 3.05) is 0 Å². The van der Waals surface area contributed by atoms with Gasteiger partial charge in [0.1, 0.15) is 0 Å². The normalized spacial score (nSPS) is 25.8. The van der Waals surface area contributed by atoms with Crippen LogP contribution in [-0.4, -0.2) is 21.0 Å². The van der Waals surface area contributed by atoms with Gasteiger partial charge in [0, 0.05) is 11.8 Å². The monoisotopic (exact) mass is 238 g/mol. The molecule has 2 N–H and O–H groups in total. The smallest absolute Gasteiger partial charge is 0.267 e. The molecule has 0 radical (unpaired) electrons. The molecule has 1 saturated carbocycles. The topological polar surface area (TPSA) is 58.0 Å². The number of aromatic nitrogens is 2. The Morgan fingerprint density at radius 3 is 2.94 bits per heavy atom. The van der Waals surface area contributed by atoms with Crippen molar-refractivity contribution in [2.24, 2.45) is 0 Å². The summed E-state index contributed by atoms with van der Waals surface area (Å²) < 4.78 is 1.64. The number of aryl methyl sites for hydroxylation is 1. The van der Waals surface area contributed by atoms with Crippen molar-refractivity contribution in [3.8, 4) is 0 Å². The van der Waals surface area contributed by atoms with E-state index in [1.165, 1.54) is 0 Å². The van der Waals surface area contributed by atoms with E-state index < -0.39 is 0 Å². The van der Waals surface area contributed by atoms with Gasteiger partial charge in [-0.2, -0.15) is 0 Å². The van der Waals surface area contributed by atoms with Gasteiger partial charge in [-0.1, -0.05) is 32.6 Å². The molecule has 0 saturated heterocycles. The van der Waals surface area contributed by atoms with E-state index in [0.717, 1.165) is 50.6 Å². The van der Waals surface area contributed by atoms with Gasteiger partial charge < -0.3 is 5.11 Å². The molecule has 1 aliphatic carbocycles.